The zero-order valence-corrected chi connectivity index (χ0v) is 9.92. The highest BCUT2D eigenvalue weighted by Gasteiger charge is 2.36. The van der Waals surface area contributed by atoms with Gasteiger partial charge in [0.1, 0.15) is 6.54 Å². The molecule has 0 atom stereocenters. The van der Waals surface area contributed by atoms with E-state index < -0.39 is 18.6 Å². The van der Waals surface area contributed by atoms with Crippen molar-refractivity contribution in [1.82, 2.24) is 4.90 Å². The van der Waals surface area contributed by atoms with Gasteiger partial charge in [0.2, 0.25) is 5.91 Å². The van der Waals surface area contributed by atoms with E-state index >= 15 is 0 Å². The lowest BCUT2D eigenvalue weighted by atomic mass is 10.1. The fraction of sp³-hybridized carbons (Fsp3) is 0.909. The summed E-state index contributed by atoms with van der Waals surface area (Å²) in [7, 11) is 0. The van der Waals surface area contributed by atoms with Gasteiger partial charge in [0, 0.05) is 25.7 Å². The van der Waals surface area contributed by atoms with Crippen molar-refractivity contribution in [2.24, 2.45) is 0 Å². The monoisotopic (exact) mass is 253 g/mol. The Labute approximate surface area is 98.9 Å². The number of rotatable bonds is 4. The van der Waals surface area contributed by atoms with E-state index in [9.17, 15) is 18.0 Å². The van der Waals surface area contributed by atoms with Gasteiger partial charge in [-0.2, -0.15) is 13.2 Å². The summed E-state index contributed by atoms with van der Waals surface area (Å²) >= 11 is 0. The van der Waals surface area contributed by atoms with E-state index in [1.54, 1.807) is 6.92 Å². The predicted molar refractivity (Wildman–Crippen MR) is 56.5 cm³/mol. The first kappa shape index (κ1) is 14.3. The normalized spacial score (nSPS) is 18.1. The van der Waals surface area contributed by atoms with E-state index in [0.29, 0.717) is 32.5 Å². The van der Waals surface area contributed by atoms with Crippen LogP contribution in [0.15, 0.2) is 0 Å². The molecule has 0 aromatic heterocycles. The summed E-state index contributed by atoms with van der Waals surface area (Å²) < 4.78 is 42.4. The Bertz CT molecular complexity index is 250. The largest absolute Gasteiger partial charge is 0.406 e. The smallest absolute Gasteiger partial charge is 0.381 e. The van der Waals surface area contributed by atoms with Crippen LogP contribution in [0.4, 0.5) is 13.2 Å². The quantitative estimate of drug-likeness (QED) is 0.769. The average molecular weight is 253 g/mol. The predicted octanol–water partition coefficient (Wildman–Crippen LogP) is 2.36. The highest BCUT2D eigenvalue weighted by Crippen LogP contribution is 2.23. The minimum absolute atomic E-state index is 0.174. The average Bonchev–Trinajstić information content (AvgIpc) is 2.26. The number of halogens is 3. The topological polar surface area (TPSA) is 29.5 Å². The van der Waals surface area contributed by atoms with E-state index in [4.69, 9.17) is 4.74 Å². The van der Waals surface area contributed by atoms with Crippen molar-refractivity contribution in [3.63, 3.8) is 0 Å². The number of carbonyl (C=O) groups is 1. The molecule has 0 aliphatic carbocycles. The Balaban J connectivity index is 2.66. The van der Waals surface area contributed by atoms with Crippen LogP contribution >= 0.6 is 0 Å². The van der Waals surface area contributed by atoms with Gasteiger partial charge in [-0.25, -0.2) is 0 Å². The van der Waals surface area contributed by atoms with Gasteiger partial charge in [-0.1, -0.05) is 6.92 Å². The molecule has 1 rings (SSSR count). The van der Waals surface area contributed by atoms with Gasteiger partial charge < -0.3 is 9.64 Å². The first-order valence-corrected chi connectivity index (χ1v) is 5.88. The van der Waals surface area contributed by atoms with Gasteiger partial charge in [-0.15, -0.1) is 0 Å². The van der Waals surface area contributed by atoms with Crippen molar-refractivity contribution >= 4 is 5.91 Å². The molecule has 0 spiro atoms. The summed E-state index contributed by atoms with van der Waals surface area (Å²) in [5.74, 6) is -0.406. The van der Waals surface area contributed by atoms with Gasteiger partial charge >= 0.3 is 6.18 Å². The Morgan fingerprint density at radius 3 is 2.41 bits per heavy atom. The van der Waals surface area contributed by atoms with Gasteiger partial charge in [0.25, 0.3) is 0 Å². The fourth-order valence-electron chi connectivity index (χ4n) is 1.97. The van der Waals surface area contributed by atoms with Crippen LogP contribution in [0, 0.1) is 0 Å². The van der Waals surface area contributed by atoms with Crippen molar-refractivity contribution < 1.29 is 22.7 Å². The lowest BCUT2D eigenvalue weighted by Crippen LogP contribution is -2.47. The van der Waals surface area contributed by atoms with E-state index in [1.807, 2.05) is 0 Å². The molecule has 1 fully saturated rings. The number of hydrogen-bond donors (Lipinski definition) is 0. The Hall–Kier alpha value is -0.780. The second kappa shape index (κ2) is 6.23. The SMILES string of the molecule is CCCC(=O)N(CC(F)(F)F)C1CCOCC1. The molecular formula is C11H18F3NO2. The zero-order chi connectivity index (χ0) is 12.9. The third-order valence-corrected chi connectivity index (χ3v) is 2.77. The second-order valence-electron chi connectivity index (χ2n) is 4.23. The van der Waals surface area contributed by atoms with Crippen LogP contribution < -0.4 is 0 Å². The number of ether oxygens (including phenoxy) is 1. The van der Waals surface area contributed by atoms with Crippen LogP contribution in [-0.2, 0) is 9.53 Å². The van der Waals surface area contributed by atoms with Crippen molar-refractivity contribution in [2.75, 3.05) is 19.8 Å². The molecule has 0 bridgehead atoms. The minimum atomic E-state index is -4.33. The molecule has 6 heteroatoms. The van der Waals surface area contributed by atoms with Crippen LogP contribution in [0.3, 0.4) is 0 Å². The molecule has 0 saturated carbocycles. The molecule has 0 N–H and O–H groups in total. The molecule has 1 heterocycles. The number of hydrogen-bond acceptors (Lipinski definition) is 2. The summed E-state index contributed by atoms with van der Waals surface area (Å²) in [4.78, 5) is 12.7. The fourth-order valence-corrected chi connectivity index (χ4v) is 1.97. The van der Waals surface area contributed by atoms with Gasteiger partial charge in [-0.05, 0) is 19.3 Å². The molecule has 1 saturated heterocycles. The van der Waals surface area contributed by atoms with Gasteiger partial charge in [0.05, 0.1) is 0 Å². The first-order chi connectivity index (χ1) is 7.94. The minimum Gasteiger partial charge on any atom is -0.381 e. The van der Waals surface area contributed by atoms with Crippen LogP contribution in [0.2, 0.25) is 0 Å². The number of alkyl halides is 3. The number of nitrogens with zero attached hydrogens (tertiary/aromatic N) is 1. The molecule has 0 radical (unpaired) electrons. The van der Waals surface area contributed by atoms with Crippen LogP contribution in [0.1, 0.15) is 32.6 Å². The van der Waals surface area contributed by atoms with Crippen LogP contribution in [0.5, 0.6) is 0 Å². The Morgan fingerprint density at radius 1 is 1.35 bits per heavy atom. The summed E-state index contributed by atoms with van der Waals surface area (Å²) in [5.41, 5.74) is 0. The molecule has 0 aromatic carbocycles. The van der Waals surface area contributed by atoms with Gasteiger partial charge in [-0.3, -0.25) is 4.79 Å². The van der Waals surface area contributed by atoms with E-state index in [0.717, 1.165) is 4.90 Å². The zero-order valence-electron chi connectivity index (χ0n) is 9.92. The van der Waals surface area contributed by atoms with E-state index in [1.165, 1.54) is 0 Å². The number of carbonyl (C=O) groups excluding carboxylic acids is 1. The molecule has 1 amide bonds. The summed E-state index contributed by atoms with van der Waals surface area (Å²) in [6, 6.07) is -0.329. The standard InChI is InChI=1S/C11H18F3NO2/c1-2-3-10(16)15(8-11(12,13)14)9-4-6-17-7-5-9/h9H,2-8H2,1H3. The molecule has 100 valence electrons. The summed E-state index contributed by atoms with van der Waals surface area (Å²) in [6.07, 6.45) is -2.61. The number of amides is 1. The maximum absolute atomic E-state index is 12.4. The molecular weight excluding hydrogens is 235 g/mol. The van der Waals surface area contributed by atoms with Crippen LogP contribution in [-0.4, -0.2) is 42.8 Å². The van der Waals surface area contributed by atoms with Crippen molar-refractivity contribution in [1.29, 1.82) is 0 Å². The Morgan fingerprint density at radius 2 is 1.94 bits per heavy atom. The molecule has 1 aliphatic rings. The third kappa shape index (κ3) is 4.93. The second-order valence-corrected chi connectivity index (χ2v) is 4.23. The third-order valence-electron chi connectivity index (χ3n) is 2.77. The maximum Gasteiger partial charge on any atom is 0.406 e. The maximum atomic E-state index is 12.4. The molecule has 1 aliphatic heterocycles. The van der Waals surface area contributed by atoms with Crippen LogP contribution in [0.25, 0.3) is 0 Å². The molecule has 0 unspecified atom stereocenters. The summed E-state index contributed by atoms with van der Waals surface area (Å²) in [5, 5.41) is 0. The van der Waals surface area contributed by atoms with E-state index in [2.05, 4.69) is 0 Å². The highest BCUT2D eigenvalue weighted by molar-refractivity contribution is 5.76. The van der Waals surface area contributed by atoms with Crippen molar-refractivity contribution in [3.8, 4) is 0 Å². The Kier molecular flexibility index (Phi) is 5.24. The van der Waals surface area contributed by atoms with Crippen molar-refractivity contribution in [2.45, 2.75) is 44.8 Å². The van der Waals surface area contributed by atoms with Gasteiger partial charge in [0.15, 0.2) is 0 Å². The summed E-state index contributed by atoms with van der Waals surface area (Å²) in [6.45, 7) is 1.50. The first-order valence-electron chi connectivity index (χ1n) is 5.88. The highest BCUT2D eigenvalue weighted by atomic mass is 19.4. The van der Waals surface area contributed by atoms with E-state index in [-0.39, 0.29) is 12.5 Å². The molecule has 0 aromatic rings. The lowest BCUT2D eigenvalue weighted by Gasteiger charge is -2.34. The molecule has 3 nitrogen and oxygen atoms in total. The molecule has 17 heavy (non-hydrogen) atoms. The lowest BCUT2D eigenvalue weighted by molar-refractivity contribution is -0.168. The van der Waals surface area contributed by atoms with Crippen molar-refractivity contribution in [3.05, 3.63) is 0 Å².